The molecule has 0 saturated heterocycles. The molecule has 56 heavy (non-hydrogen) atoms. The topological polar surface area (TPSA) is 65.0 Å². The van der Waals surface area contributed by atoms with Gasteiger partial charge in [0.15, 0.2) is 17.5 Å². The lowest BCUT2D eigenvalue weighted by Gasteiger charge is -2.11. The highest BCUT2D eigenvalue weighted by atomic mass is 16.3. The van der Waals surface area contributed by atoms with Crippen molar-refractivity contribution in [3.05, 3.63) is 176 Å². The fourth-order valence-corrected chi connectivity index (χ4v) is 8.58. The van der Waals surface area contributed by atoms with Crippen molar-refractivity contribution < 1.29 is 8.83 Å². The quantitative estimate of drug-likeness (QED) is 0.181. The van der Waals surface area contributed by atoms with Gasteiger partial charge in [0.25, 0.3) is 0 Å². The van der Waals surface area contributed by atoms with E-state index >= 15 is 0 Å². The van der Waals surface area contributed by atoms with Gasteiger partial charge in [-0.25, -0.2) is 15.0 Å². The maximum Gasteiger partial charge on any atom is 0.164 e. The van der Waals surface area contributed by atoms with Gasteiger partial charge in [0.05, 0.1) is 0 Å². The van der Waals surface area contributed by atoms with E-state index in [0.717, 1.165) is 82.3 Å². The van der Waals surface area contributed by atoms with E-state index in [9.17, 15) is 0 Å². The van der Waals surface area contributed by atoms with Gasteiger partial charge in [0, 0.05) is 38.2 Å². The van der Waals surface area contributed by atoms with E-state index in [4.69, 9.17) is 23.8 Å². The number of nitrogens with zero attached hydrogens (tertiary/aromatic N) is 3. The first-order valence-corrected chi connectivity index (χ1v) is 18.8. The molecule has 0 aliphatic rings. The number of benzene rings is 9. The summed E-state index contributed by atoms with van der Waals surface area (Å²) in [7, 11) is 0. The van der Waals surface area contributed by atoms with Crippen LogP contribution in [0, 0.1) is 0 Å². The number of furan rings is 2. The third-order valence-electron chi connectivity index (χ3n) is 11.1. The van der Waals surface area contributed by atoms with Crippen molar-refractivity contribution in [1.82, 2.24) is 15.0 Å². The normalized spacial score (nSPS) is 11.9. The van der Waals surface area contributed by atoms with Crippen LogP contribution in [0.4, 0.5) is 0 Å². The molecule has 12 rings (SSSR count). The third kappa shape index (κ3) is 4.64. The Morgan fingerprint density at radius 1 is 0.286 bits per heavy atom. The first-order valence-electron chi connectivity index (χ1n) is 18.8. The fourth-order valence-electron chi connectivity index (χ4n) is 8.58. The smallest absolute Gasteiger partial charge is 0.164 e. The number of aromatic nitrogens is 3. The molecule has 260 valence electrons. The van der Waals surface area contributed by atoms with Crippen LogP contribution in [0.5, 0.6) is 0 Å². The summed E-state index contributed by atoms with van der Waals surface area (Å²) >= 11 is 0. The van der Waals surface area contributed by atoms with Crippen LogP contribution in [0.25, 0.3) is 121 Å². The summed E-state index contributed by atoms with van der Waals surface area (Å²) in [5, 5.41) is 11.1. The van der Waals surface area contributed by atoms with Crippen molar-refractivity contribution in [3.63, 3.8) is 0 Å². The zero-order valence-corrected chi connectivity index (χ0v) is 29.9. The largest absolute Gasteiger partial charge is 0.456 e. The Morgan fingerprint density at radius 3 is 1.75 bits per heavy atom. The lowest BCUT2D eigenvalue weighted by molar-refractivity contribution is 0.669. The third-order valence-corrected chi connectivity index (χ3v) is 11.1. The molecule has 3 aromatic heterocycles. The fraction of sp³-hybridized carbons (Fsp3) is 0. The van der Waals surface area contributed by atoms with Crippen LogP contribution in [0.2, 0.25) is 0 Å². The predicted molar refractivity (Wildman–Crippen MR) is 229 cm³/mol. The van der Waals surface area contributed by atoms with E-state index in [2.05, 4.69) is 121 Å². The SMILES string of the molecule is c1ccc(-c2nc(-c3ccc4oc5cc(-c6cccc7ccccc67)c6ccccc6c5c4c3)nc(-c3cccc4oc5ccc6ccccc6c5c34)n2)cc1. The Labute approximate surface area is 320 Å². The standard InChI is InChI=1S/C51H29N3O2/c1-2-14-32(15-3-1)49-52-50(54-51(53-49)39-22-11-23-43-48(39)47-35-18-7-5-13-31(35)24-27-44(47)56-43)33-25-26-42-41(28-33)46-38-20-9-8-19-37(38)40(29-45(46)55-42)36-21-10-16-30-12-4-6-17-34(30)36/h1-29H. The maximum absolute atomic E-state index is 6.66. The van der Waals surface area contributed by atoms with Crippen LogP contribution < -0.4 is 0 Å². The van der Waals surface area contributed by atoms with Gasteiger partial charge in [0.2, 0.25) is 0 Å². The summed E-state index contributed by atoms with van der Waals surface area (Å²) in [6.45, 7) is 0. The molecular formula is C51H29N3O2. The Balaban J connectivity index is 1.10. The maximum atomic E-state index is 6.66. The van der Waals surface area contributed by atoms with Crippen molar-refractivity contribution in [2.45, 2.75) is 0 Å². The van der Waals surface area contributed by atoms with Crippen LogP contribution in [0.1, 0.15) is 0 Å². The Morgan fingerprint density at radius 2 is 0.893 bits per heavy atom. The summed E-state index contributed by atoms with van der Waals surface area (Å²) in [5.74, 6) is 1.76. The number of hydrogen-bond acceptors (Lipinski definition) is 5. The molecule has 0 atom stereocenters. The molecule has 5 nitrogen and oxygen atoms in total. The average Bonchev–Trinajstić information content (AvgIpc) is 3.85. The predicted octanol–water partition coefficient (Wildman–Crippen LogP) is 13.8. The molecule has 0 aliphatic carbocycles. The molecule has 0 N–H and O–H groups in total. The van der Waals surface area contributed by atoms with E-state index in [1.807, 2.05) is 54.6 Å². The van der Waals surface area contributed by atoms with Crippen LogP contribution >= 0.6 is 0 Å². The molecule has 12 aromatic rings. The molecule has 0 fully saturated rings. The molecule has 9 aromatic carbocycles. The van der Waals surface area contributed by atoms with Crippen molar-refractivity contribution >= 4 is 76.2 Å². The second kappa shape index (κ2) is 11.9. The number of fused-ring (bicyclic) bond motifs is 11. The van der Waals surface area contributed by atoms with Crippen LogP contribution in [0.3, 0.4) is 0 Å². The first kappa shape index (κ1) is 30.8. The first-order chi connectivity index (χ1) is 27.7. The van der Waals surface area contributed by atoms with Gasteiger partial charge in [-0.2, -0.15) is 0 Å². The van der Waals surface area contributed by atoms with Gasteiger partial charge in [-0.1, -0.05) is 140 Å². The second-order valence-corrected chi connectivity index (χ2v) is 14.3. The minimum atomic E-state index is 0.580. The minimum Gasteiger partial charge on any atom is -0.456 e. The lowest BCUT2D eigenvalue weighted by Crippen LogP contribution is -2.00. The molecule has 0 bridgehead atoms. The highest BCUT2D eigenvalue weighted by Crippen LogP contribution is 2.43. The van der Waals surface area contributed by atoms with Gasteiger partial charge in [-0.3, -0.25) is 0 Å². The summed E-state index contributed by atoms with van der Waals surface area (Å²) in [5.41, 5.74) is 8.27. The van der Waals surface area contributed by atoms with E-state index in [0.29, 0.717) is 17.5 Å². The van der Waals surface area contributed by atoms with Gasteiger partial charge in [0.1, 0.15) is 22.3 Å². The summed E-state index contributed by atoms with van der Waals surface area (Å²) in [6.07, 6.45) is 0. The molecule has 0 aliphatic heterocycles. The van der Waals surface area contributed by atoms with Crippen molar-refractivity contribution in [2.24, 2.45) is 0 Å². The Hall–Kier alpha value is -7.63. The molecule has 0 radical (unpaired) electrons. The molecule has 0 unspecified atom stereocenters. The zero-order chi connectivity index (χ0) is 36.7. The highest BCUT2D eigenvalue weighted by molar-refractivity contribution is 6.24. The van der Waals surface area contributed by atoms with Gasteiger partial charge in [-0.15, -0.1) is 0 Å². The molecule has 3 heterocycles. The van der Waals surface area contributed by atoms with E-state index in [-0.39, 0.29) is 0 Å². The van der Waals surface area contributed by atoms with Crippen LogP contribution in [-0.4, -0.2) is 15.0 Å². The molecule has 0 saturated carbocycles. The molecule has 5 heteroatoms. The Bertz CT molecular complexity index is 3540. The van der Waals surface area contributed by atoms with Gasteiger partial charge >= 0.3 is 0 Å². The molecule has 0 amide bonds. The van der Waals surface area contributed by atoms with Crippen LogP contribution in [0.15, 0.2) is 185 Å². The monoisotopic (exact) mass is 715 g/mol. The number of rotatable bonds is 4. The van der Waals surface area contributed by atoms with Gasteiger partial charge < -0.3 is 8.83 Å². The molecule has 0 spiro atoms. The summed E-state index contributed by atoms with van der Waals surface area (Å²) in [6, 6.07) is 60.9. The highest BCUT2D eigenvalue weighted by Gasteiger charge is 2.21. The second-order valence-electron chi connectivity index (χ2n) is 14.3. The minimum absolute atomic E-state index is 0.580. The van der Waals surface area contributed by atoms with Crippen molar-refractivity contribution in [2.75, 3.05) is 0 Å². The van der Waals surface area contributed by atoms with Crippen molar-refractivity contribution in [1.29, 1.82) is 0 Å². The van der Waals surface area contributed by atoms with Gasteiger partial charge in [-0.05, 0) is 79.8 Å². The Kier molecular flexibility index (Phi) is 6.56. The van der Waals surface area contributed by atoms with E-state index in [1.165, 1.54) is 21.7 Å². The number of hydrogen-bond donors (Lipinski definition) is 0. The van der Waals surface area contributed by atoms with Crippen LogP contribution in [-0.2, 0) is 0 Å². The van der Waals surface area contributed by atoms with E-state index < -0.39 is 0 Å². The molecular weight excluding hydrogens is 687 g/mol. The summed E-state index contributed by atoms with van der Waals surface area (Å²) < 4.78 is 13.1. The van der Waals surface area contributed by atoms with E-state index in [1.54, 1.807) is 0 Å². The van der Waals surface area contributed by atoms with Crippen molar-refractivity contribution in [3.8, 4) is 45.3 Å². The lowest BCUT2D eigenvalue weighted by atomic mass is 9.92. The summed E-state index contributed by atoms with van der Waals surface area (Å²) in [4.78, 5) is 15.5. The average molecular weight is 716 g/mol. The zero-order valence-electron chi connectivity index (χ0n) is 29.9.